The standard InChI is InChI=1S/C19H19N3O/c1-12-8-17-18(9-13(12)2)22(19(23)14(3)21-17)11-16-6-4-15(10-20)5-7-16/h4-9,14,21H,11H2,1-3H3. The maximum Gasteiger partial charge on any atom is 0.249 e. The number of benzene rings is 2. The van der Waals surface area contributed by atoms with Gasteiger partial charge in [-0.1, -0.05) is 12.1 Å². The number of nitrogens with one attached hydrogen (secondary N) is 1. The maximum absolute atomic E-state index is 12.6. The number of rotatable bonds is 2. The molecule has 116 valence electrons. The molecule has 0 radical (unpaired) electrons. The van der Waals surface area contributed by atoms with Crippen molar-refractivity contribution >= 4 is 17.3 Å². The predicted molar refractivity (Wildman–Crippen MR) is 91.3 cm³/mol. The Balaban J connectivity index is 1.99. The lowest BCUT2D eigenvalue weighted by Gasteiger charge is -2.34. The monoisotopic (exact) mass is 305 g/mol. The summed E-state index contributed by atoms with van der Waals surface area (Å²) in [4.78, 5) is 14.4. The largest absolute Gasteiger partial charge is 0.372 e. The molecule has 0 fully saturated rings. The van der Waals surface area contributed by atoms with Crippen LogP contribution in [0.1, 0.15) is 29.2 Å². The third-order valence-electron chi connectivity index (χ3n) is 4.34. The molecule has 2 aromatic carbocycles. The van der Waals surface area contributed by atoms with E-state index in [1.807, 2.05) is 24.0 Å². The highest BCUT2D eigenvalue weighted by Gasteiger charge is 2.29. The van der Waals surface area contributed by atoms with Crippen molar-refractivity contribution < 1.29 is 4.79 Å². The number of nitrogens with zero attached hydrogens (tertiary/aromatic N) is 2. The third-order valence-corrected chi connectivity index (χ3v) is 4.34. The van der Waals surface area contributed by atoms with Crippen LogP contribution in [0, 0.1) is 25.2 Å². The first-order valence-electron chi connectivity index (χ1n) is 7.68. The molecule has 0 saturated carbocycles. The van der Waals surface area contributed by atoms with Crippen LogP contribution in [0.15, 0.2) is 36.4 Å². The van der Waals surface area contributed by atoms with Gasteiger partial charge in [-0.05, 0) is 61.7 Å². The second kappa shape index (κ2) is 5.77. The van der Waals surface area contributed by atoms with E-state index < -0.39 is 0 Å². The van der Waals surface area contributed by atoms with Crippen molar-refractivity contribution in [3.63, 3.8) is 0 Å². The first kappa shape index (κ1) is 15.1. The van der Waals surface area contributed by atoms with Crippen LogP contribution in [0.5, 0.6) is 0 Å². The lowest BCUT2D eigenvalue weighted by molar-refractivity contribution is -0.119. The number of hydrogen-bond acceptors (Lipinski definition) is 3. The molecule has 0 aromatic heterocycles. The van der Waals surface area contributed by atoms with E-state index in [-0.39, 0.29) is 11.9 Å². The molecule has 1 heterocycles. The van der Waals surface area contributed by atoms with Gasteiger partial charge in [0, 0.05) is 0 Å². The third kappa shape index (κ3) is 2.78. The summed E-state index contributed by atoms with van der Waals surface area (Å²) >= 11 is 0. The van der Waals surface area contributed by atoms with Crippen molar-refractivity contribution in [1.82, 2.24) is 0 Å². The Morgan fingerprint density at radius 3 is 2.48 bits per heavy atom. The zero-order valence-corrected chi connectivity index (χ0v) is 13.6. The Kier molecular flexibility index (Phi) is 3.79. The zero-order chi connectivity index (χ0) is 16.6. The molecule has 1 amide bonds. The summed E-state index contributed by atoms with van der Waals surface area (Å²) in [5, 5.41) is 12.2. The van der Waals surface area contributed by atoms with Crippen molar-refractivity contribution in [2.24, 2.45) is 0 Å². The molecule has 0 aliphatic carbocycles. The highest BCUT2D eigenvalue weighted by Crippen LogP contribution is 2.35. The molecule has 1 aliphatic heterocycles. The highest BCUT2D eigenvalue weighted by atomic mass is 16.2. The molecule has 23 heavy (non-hydrogen) atoms. The molecular weight excluding hydrogens is 286 g/mol. The summed E-state index contributed by atoms with van der Waals surface area (Å²) in [6.07, 6.45) is 0. The smallest absolute Gasteiger partial charge is 0.249 e. The summed E-state index contributed by atoms with van der Waals surface area (Å²) in [6, 6.07) is 13.4. The van der Waals surface area contributed by atoms with E-state index in [0.717, 1.165) is 22.5 Å². The number of fused-ring (bicyclic) bond motifs is 1. The number of amides is 1. The maximum atomic E-state index is 12.6. The number of anilines is 2. The van der Waals surface area contributed by atoms with E-state index in [1.165, 1.54) is 5.56 Å². The normalized spacial score (nSPS) is 16.5. The van der Waals surface area contributed by atoms with Gasteiger partial charge in [0.2, 0.25) is 5.91 Å². The molecule has 1 aliphatic rings. The molecule has 0 bridgehead atoms. The fraction of sp³-hybridized carbons (Fsp3) is 0.263. The topological polar surface area (TPSA) is 56.1 Å². The molecular formula is C19H19N3O. The van der Waals surface area contributed by atoms with Crippen molar-refractivity contribution in [2.75, 3.05) is 10.2 Å². The van der Waals surface area contributed by atoms with Gasteiger partial charge in [-0.25, -0.2) is 0 Å². The highest BCUT2D eigenvalue weighted by molar-refractivity contribution is 6.04. The van der Waals surface area contributed by atoms with Crippen LogP contribution < -0.4 is 10.2 Å². The number of nitriles is 1. The van der Waals surface area contributed by atoms with E-state index in [9.17, 15) is 4.79 Å². The molecule has 4 nitrogen and oxygen atoms in total. The first-order chi connectivity index (χ1) is 11.0. The van der Waals surface area contributed by atoms with Crippen molar-refractivity contribution in [2.45, 2.75) is 33.4 Å². The first-order valence-corrected chi connectivity index (χ1v) is 7.68. The second-order valence-electron chi connectivity index (χ2n) is 6.05. The summed E-state index contributed by atoms with van der Waals surface area (Å²) in [6.45, 7) is 6.51. The van der Waals surface area contributed by atoms with E-state index in [1.54, 1.807) is 12.1 Å². The Labute approximate surface area is 136 Å². The van der Waals surface area contributed by atoms with E-state index in [2.05, 4.69) is 37.4 Å². The van der Waals surface area contributed by atoms with Gasteiger partial charge in [0.15, 0.2) is 0 Å². The van der Waals surface area contributed by atoms with Gasteiger partial charge in [-0.2, -0.15) is 5.26 Å². The fourth-order valence-corrected chi connectivity index (χ4v) is 2.82. The van der Waals surface area contributed by atoms with Crippen LogP contribution in [0.4, 0.5) is 11.4 Å². The summed E-state index contributed by atoms with van der Waals surface area (Å²) in [5.74, 6) is 0.0603. The fourth-order valence-electron chi connectivity index (χ4n) is 2.82. The van der Waals surface area contributed by atoms with Crippen LogP contribution in [-0.4, -0.2) is 11.9 Å². The van der Waals surface area contributed by atoms with Crippen LogP contribution in [0.2, 0.25) is 0 Å². The minimum absolute atomic E-state index is 0.0603. The van der Waals surface area contributed by atoms with Gasteiger partial charge in [0.25, 0.3) is 0 Å². The quantitative estimate of drug-likeness (QED) is 0.923. The van der Waals surface area contributed by atoms with Gasteiger partial charge in [-0.3, -0.25) is 4.79 Å². The number of aryl methyl sites for hydroxylation is 2. The minimum Gasteiger partial charge on any atom is -0.372 e. The molecule has 0 spiro atoms. The van der Waals surface area contributed by atoms with Crippen molar-refractivity contribution in [3.8, 4) is 6.07 Å². The van der Waals surface area contributed by atoms with Crippen LogP contribution in [-0.2, 0) is 11.3 Å². The summed E-state index contributed by atoms with van der Waals surface area (Å²) < 4.78 is 0. The summed E-state index contributed by atoms with van der Waals surface area (Å²) in [5.41, 5.74) is 5.92. The van der Waals surface area contributed by atoms with Gasteiger partial charge < -0.3 is 10.2 Å². The average molecular weight is 305 g/mol. The Hall–Kier alpha value is -2.80. The zero-order valence-electron chi connectivity index (χ0n) is 13.6. The minimum atomic E-state index is -0.247. The van der Waals surface area contributed by atoms with E-state index >= 15 is 0 Å². The number of carbonyl (C=O) groups excluding carboxylic acids is 1. The molecule has 1 N–H and O–H groups in total. The van der Waals surface area contributed by atoms with Gasteiger partial charge in [-0.15, -0.1) is 0 Å². The Morgan fingerprint density at radius 1 is 1.17 bits per heavy atom. The van der Waals surface area contributed by atoms with Crippen molar-refractivity contribution in [1.29, 1.82) is 5.26 Å². The predicted octanol–water partition coefficient (Wildman–Crippen LogP) is 3.52. The molecule has 4 heteroatoms. The van der Waals surface area contributed by atoms with Crippen LogP contribution >= 0.6 is 0 Å². The molecule has 3 rings (SSSR count). The number of hydrogen-bond donors (Lipinski definition) is 1. The molecule has 0 saturated heterocycles. The summed E-state index contributed by atoms with van der Waals surface area (Å²) in [7, 11) is 0. The van der Waals surface area contributed by atoms with E-state index in [0.29, 0.717) is 12.1 Å². The Morgan fingerprint density at radius 2 is 1.83 bits per heavy atom. The van der Waals surface area contributed by atoms with Crippen LogP contribution in [0.25, 0.3) is 0 Å². The van der Waals surface area contributed by atoms with Crippen LogP contribution in [0.3, 0.4) is 0 Å². The Bertz CT molecular complexity index is 803. The lowest BCUT2D eigenvalue weighted by Crippen LogP contribution is -2.45. The van der Waals surface area contributed by atoms with Crippen molar-refractivity contribution in [3.05, 3.63) is 58.7 Å². The molecule has 2 aromatic rings. The molecule has 1 unspecified atom stereocenters. The average Bonchev–Trinajstić information content (AvgIpc) is 2.54. The molecule has 1 atom stereocenters. The van der Waals surface area contributed by atoms with Gasteiger partial charge >= 0.3 is 0 Å². The second-order valence-corrected chi connectivity index (χ2v) is 6.05. The van der Waals surface area contributed by atoms with Gasteiger partial charge in [0.1, 0.15) is 6.04 Å². The van der Waals surface area contributed by atoms with Gasteiger partial charge in [0.05, 0.1) is 29.6 Å². The lowest BCUT2D eigenvalue weighted by atomic mass is 10.0. The van der Waals surface area contributed by atoms with E-state index in [4.69, 9.17) is 5.26 Å². The SMILES string of the molecule is Cc1cc2c(cc1C)N(Cc1ccc(C#N)cc1)C(=O)C(C)N2. The number of carbonyl (C=O) groups is 1.